The van der Waals surface area contributed by atoms with Crippen molar-refractivity contribution in [1.29, 1.82) is 5.26 Å². The minimum Gasteiger partial charge on any atom is -0.360 e. The topological polar surface area (TPSA) is 164 Å². The molecule has 18 heteroatoms. The van der Waals surface area contributed by atoms with Crippen molar-refractivity contribution >= 4 is 54.5 Å². The molecular weight excluding hydrogens is 847 g/mol. The third kappa shape index (κ3) is 9.51. The number of anilines is 2. The minimum absolute atomic E-state index is 0.164. The molecule has 6 N–H and O–H groups in total. The number of alkyl halides is 6. The number of nitrogens with one attached hydrogen (secondary N) is 2. The van der Waals surface area contributed by atoms with Crippen molar-refractivity contribution < 1.29 is 26.3 Å². The fraction of sp³-hybridized carbons (Fsp3) is 0.182. The molecule has 0 spiro atoms. The van der Waals surface area contributed by atoms with Gasteiger partial charge in [0.2, 0.25) is 0 Å². The molecule has 0 aliphatic heterocycles. The van der Waals surface area contributed by atoms with E-state index in [9.17, 15) is 31.6 Å². The van der Waals surface area contributed by atoms with Gasteiger partial charge in [0.1, 0.15) is 6.07 Å². The Labute approximate surface area is 358 Å². The number of hydrogen-bond donors (Lipinski definition) is 4. The molecule has 0 radical (unpaired) electrons. The van der Waals surface area contributed by atoms with Crippen molar-refractivity contribution in [3.63, 3.8) is 0 Å². The molecule has 0 saturated heterocycles. The molecule has 0 amide bonds. The maximum absolute atomic E-state index is 13.1. The van der Waals surface area contributed by atoms with Crippen LogP contribution in [-0.4, -0.2) is 50.3 Å². The quantitative estimate of drug-likeness (QED) is 0.0820. The third-order valence-corrected chi connectivity index (χ3v) is 12.1. The van der Waals surface area contributed by atoms with E-state index in [1.165, 1.54) is 46.9 Å². The number of nitrogens with two attached hydrogens (primary N) is 2. The lowest BCUT2D eigenvalue weighted by molar-refractivity contribution is -0.138. The highest BCUT2D eigenvalue weighted by Gasteiger charge is 2.31. The van der Waals surface area contributed by atoms with Crippen molar-refractivity contribution in [3.8, 4) is 38.2 Å². The van der Waals surface area contributed by atoms with Gasteiger partial charge in [0, 0.05) is 64.9 Å². The van der Waals surface area contributed by atoms with Gasteiger partial charge in [0.15, 0.2) is 16.0 Å². The smallest absolute Gasteiger partial charge is 0.360 e. The van der Waals surface area contributed by atoms with Crippen LogP contribution >= 0.6 is 22.7 Å². The zero-order valence-corrected chi connectivity index (χ0v) is 33.9. The van der Waals surface area contributed by atoms with Gasteiger partial charge in [-0.3, -0.25) is 4.98 Å². The molecule has 0 aliphatic carbocycles. The summed E-state index contributed by atoms with van der Waals surface area (Å²) in [5.41, 5.74) is 15.7. The normalized spacial score (nSPS) is 13.0. The second-order valence-electron chi connectivity index (χ2n) is 14.5. The summed E-state index contributed by atoms with van der Waals surface area (Å²) in [4.78, 5) is 15.4. The van der Waals surface area contributed by atoms with Gasteiger partial charge in [-0.2, -0.15) is 41.8 Å². The van der Waals surface area contributed by atoms with Gasteiger partial charge in [-0.15, -0.1) is 0 Å². The SMILES string of the molecule is N#Cc1nc(NC[C@@H](N)Cc2ccc(C(F)(F)F)cc2)sc1-c1cc2ccncc2cc1-c1nc(NC[C@@H](N)Cc2ccc(C(F)(F)F)cc2)sc1-c1ccc2cnncc2c1. The Morgan fingerprint density at radius 3 is 1.76 bits per heavy atom. The van der Waals surface area contributed by atoms with Crippen molar-refractivity contribution in [2.24, 2.45) is 11.5 Å². The molecule has 0 aliphatic rings. The molecule has 0 unspecified atom stereocenters. The lowest BCUT2D eigenvalue weighted by atomic mass is 9.96. The first kappa shape index (κ1) is 42.2. The Morgan fingerprint density at radius 2 is 1.16 bits per heavy atom. The number of rotatable bonds is 13. The van der Waals surface area contributed by atoms with Gasteiger partial charge < -0.3 is 22.1 Å². The van der Waals surface area contributed by atoms with Gasteiger partial charge >= 0.3 is 12.4 Å². The predicted molar refractivity (Wildman–Crippen MR) is 230 cm³/mol. The van der Waals surface area contributed by atoms with E-state index in [1.54, 1.807) is 24.8 Å². The molecule has 314 valence electrons. The fourth-order valence-corrected chi connectivity index (χ4v) is 8.87. The summed E-state index contributed by atoms with van der Waals surface area (Å²) in [5.74, 6) is 0. The highest BCUT2D eigenvalue weighted by Crippen LogP contribution is 2.46. The van der Waals surface area contributed by atoms with E-state index in [2.05, 4.69) is 36.9 Å². The van der Waals surface area contributed by atoms with Crippen LogP contribution in [0.3, 0.4) is 0 Å². The van der Waals surface area contributed by atoms with E-state index in [0.717, 1.165) is 56.3 Å². The molecule has 10 nitrogen and oxygen atoms in total. The second-order valence-corrected chi connectivity index (χ2v) is 16.5. The monoisotopic (exact) mass is 880 g/mol. The number of fused-ring (bicyclic) bond motifs is 2. The van der Waals surface area contributed by atoms with E-state index < -0.39 is 35.6 Å². The molecule has 2 atom stereocenters. The molecule has 4 aromatic heterocycles. The van der Waals surface area contributed by atoms with Crippen LogP contribution in [0.1, 0.15) is 27.9 Å². The maximum atomic E-state index is 13.1. The maximum Gasteiger partial charge on any atom is 0.416 e. The summed E-state index contributed by atoms with van der Waals surface area (Å²) in [6.45, 7) is 0.492. The lowest BCUT2D eigenvalue weighted by Gasteiger charge is -2.13. The predicted octanol–water partition coefficient (Wildman–Crippen LogP) is 9.97. The van der Waals surface area contributed by atoms with Gasteiger partial charge in [-0.25, -0.2) is 9.97 Å². The number of benzene rings is 4. The standard InChI is InChI=1S/C44H34F6N10S2/c45-43(46,47)31-7-1-24(2-8-31)13-33(52)22-55-41-59-37(18-51)40(62-41)36-16-26-11-12-54-19-30(26)17-35(36)38-39(27-5-6-28-20-57-58-21-29(28)15-27)61-42(60-38)56-23-34(53)14-25-3-9-32(10-4-25)44(48,49)50/h1-12,15-17,19-21,33-34H,13-14,22-23,52-53H2,(H,55,59)(H,56,60)/t33-,34-/m0/s1. The van der Waals surface area contributed by atoms with Gasteiger partial charge in [0.05, 0.1) is 39.0 Å². The first-order valence-corrected chi connectivity index (χ1v) is 20.7. The van der Waals surface area contributed by atoms with E-state index in [4.69, 9.17) is 16.5 Å². The molecule has 0 bridgehead atoms. The third-order valence-electron chi connectivity index (χ3n) is 10.0. The number of pyridine rings is 1. The van der Waals surface area contributed by atoms with Crippen LogP contribution < -0.4 is 22.1 Å². The summed E-state index contributed by atoms with van der Waals surface area (Å²) >= 11 is 2.65. The number of halogens is 6. The molecule has 0 saturated carbocycles. The van der Waals surface area contributed by atoms with Gasteiger partial charge in [-0.05, 0) is 83.4 Å². The summed E-state index contributed by atoms with van der Waals surface area (Å²) in [7, 11) is 0. The Balaban J connectivity index is 1.12. The van der Waals surface area contributed by atoms with Crippen LogP contribution in [0.15, 0.2) is 110 Å². The van der Waals surface area contributed by atoms with Crippen LogP contribution in [-0.2, 0) is 25.2 Å². The first-order valence-electron chi connectivity index (χ1n) is 19.0. The van der Waals surface area contributed by atoms with E-state index >= 15 is 0 Å². The summed E-state index contributed by atoms with van der Waals surface area (Å²) in [5, 5.41) is 29.4. The highest BCUT2D eigenvalue weighted by atomic mass is 32.1. The van der Waals surface area contributed by atoms with Crippen LogP contribution in [0.5, 0.6) is 0 Å². The zero-order chi connectivity index (χ0) is 43.6. The average molecular weight is 881 g/mol. The average Bonchev–Trinajstić information content (AvgIpc) is 3.89. The molecule has 0 fully saturated rings. The molecule has 8 aromatic rings. The summed E-state index contributed by atoms with van der Waals surface area (Å²) in [6, 6.07) is 22.8. The Bertz CT molecular complexity index is 2910. The van der Waals surface area contributed by atoms with Crippen molar-refractivity contribution in [1.82, 2.24) is 25.1 Å². The first-order chi connectivity index (χ1) is 29.7. The summed E-state index contributed by atoms with van der Waals surface area (Å²) < 4.78 is 78.6. The molecule has 4 heterocycles. The van der Waals surface area contributed by atoms with Crippen molar-refractivity contribution in [2.45, 2.75) is 37.3 Å². The van der Waals surface area contributed by atoms with Crippen molar-refractivity contribution in [3.05, 3.63) is 138 Å². The number of nitrogens with zero attached hydrogens (tertiary/aromatic N) is 6. The van der Waals surface area contributed by atoms with E-state index in [-0.39, 0.29) is 18.8 Å². The lowest BCUT2D eigenvalue weighted by Crippen LogP contribution is -2.31. The Morgan fingerprint density at radius 1 is 0.613 bits per heavy atom. The zero-order valence-electron chi connectivity index (χ0n) is 32.3. The number of thiazole rings is 2. The minimum atomic E-state index is -4.44. The summed E-state index contributed by atoms with van der Waals surface area (Å²) in [6.07, 6.45) is -1.48. The second kappa shape index (κ2) is 17.5. The molecule has 4 aromatic carbocycles. The molecule has 62 heavy (non-hydrogen) atoms. The highest BCUT2D eigenvalue weighted by molar-refractivity contribution is 7.20. The largest absolute Gasteiger partial charge is 0.416 e. The van der Waals surface area contributed by atoms with Gasteiger partial charge in [0.25, 0.3) is 0 Å². The van der Waals surface area contributed by atoms with Crippen molar-refractivity contribution in [2.75, 3.05) is 23.7 Å². The Kier molecular flexibility index (Phi) is 11.9. The number of hydrogen-bond acceptors (Lipinski definition) is 12. The Hall–Kier alpha value is -6.52. The van der Waals surface area contributed by atoms with Crippen LogP contribution in [0.25, 0.3) is 53.7 Å². The van der Waals surface area contributed by atoms with Crippen LogP contribution in [0.2, 0.25) is 0 Å². The van der Waals surface area contributed by atoms with Crippen LogP contribution in [0.4, 0.5) is 36.6 Å². The van der Waals surface area contributed by atoms with E-state index in [1.807, 2.05) is 36.4 Å². The molecule has 8 rings (SSSR count). The van der Waals surface area contributed by atoms with Crippen LogP contribution in [0, 0.1) is 11.3 Å². The number of aromatic nitrogens is 5. The fourth-order valence-electron chi connectivity index (χ4n) is 6.93. The molecular formula is C44H34F6N10S2. The number of nitriles is 1. The van der Waals surface area contributed by atoms with Gasteiger partial charge in [-0.1, -0.05) is 59.1 Å². The van der Waals surface area contributed by atoms with E-state index in [0.29, 0.717) is 55.9 Å².